The Morgan fingerprint density at radius 3 is 2.53 bits per heavy atom. The maximum Gasteiger partial charge on any atom is 0.277 e. The molecule has 8 heteroatoms. The summed E-state index contributed by atoms with van der Waals surface area (Å²) in [5, 5.41) is 2.02. The SMILES string of the molecule is CCCCOc1c2n(ccc1=O)N(C13C(=Cc4ccccc41)Cc1c3ccc(F)c1F)CN(CCc1ccccc1)C2=O. The smallest absolute Gasteiger partial charge is 0.277 e. The Morgan fingerprint density at radius 1 is 0.930 bits per heavy atom. The second-order valence-electron chi connectivity index (χ2n) is 11.3. The Bertz CT molecular complexity index is 1830. The maximum absolute atomic E-state index is 15.4. The predicted molar refractivity (Wildman–Crippen MR) is 161 cm³/mol. The normalized spacial score (nSPS) is 18.2. The highest BCUT2D eigenvalue weighted by atomic mass is 19.2. The summed E-state index contributed by atoms with van der Waals surface area (Å²) < 4.78 is 37.7. The van der Waals surface area contributed by atoms with Crippen LogP contribution in [0.25, 0.3) is 6.08 Å². The van der Waals surface area contributed by atoms with Crippen LogP contribution < -0.4 is 15.2 Å². The first-order chi connectivity index (χ1) is 20.9. The first-order valence-electron chi connectivity index (χ1n) is 14.7. The van der Waals surface area contributed by atoms with Gasteiger partial charge in [0.15, 0.2) is 23.1 Å². The number of amides is 1. The van der Waals surface area contributed by atoms with E-state index in [9.17, 15) is 14.0 Å². The van der Waals surface area contributed by atoms with Crippen LogP contribution in [0, 0.1) is 11.6 Å². The van der Waals surface area contributed by atoms with E-state index in [1.165, 1.54) is 12.1 Å². The highest BCUT2D eigenvalue weighted by Gasteiger charge is 2.56. The minimum atomic E-state index is -1.03. The summed E-state index contributed by atoms with van der Waals surface area (Å²) in [7, 11) is 0. The zero-order valence-electron chi connectivity index (χ0n) is 23.9. The quantitative estimate of drug-likeness (QED) is 0.248. The highest BCUT2D eigenvalue weighted by molar-refractivity contribution is 5.96. The van der Waals surface area contributed by atoms with Crippen molar-refractivity contribution in [3.8, 4) is 5.75 Å². The van der Waals surface area contributed by atoms with Crippen molar-refractivity contribution in [2.45, 2.75) is 38.1 Å². The molecule has 1 aromatic heterocycles. The van der Waals surface area contributed by atoms with E-state index >= 15 is 4.39 Å². The summed E-state index contributed by atoms with van der Waals surface area (Å²) in [5.74, 6) is -2.06. The van der Waals surface area contributed by atoms with Crippen LogP contribution in [0.1, 0.15) is 58.1 Å². The number of benzene rings is 3. The number of aromatic nitrogens is 1. The molecule has 2 heterocycles. The number of nitrogens with zero attached hydrogens (tertiary/aromatic N) is 3. The third kappa shape index (κ3) is 4.11. The molecule has 0 N–H and O–H groups in total. The molecule has 1 aliphatic heterocycles. The van der Waals surface area contributed by atoms with Crippen LogP contribution in [0.15, 0.2) is 89.4 Å². The Labute approximate surface area is 248 Å². The molecule has 1 atom stereocenters. The van der Waals surface area contributed by atoms with Gasteiger partial charge in [-0.05, 0) is 46.7 Å². The molecule has 0 spiro atoms. The minimum Gasteiger partial charge on any atom is -0.487 e. The molecule has 0 radical (unpaired) electrons. The Morgan fingerprint density at radius 2 is 1.72 bits per heavy atom. The van der Waals surface area contributed by atoms with Crippen LogP contribution in [-0.4, -0.2) is 35.3 Å². The van der Waals surface area contributed by atoms with Crippen molar-refractivity contribution in [3.05, 3.63) is 140 Å². The maximum atomic E-state index is 15.4. The van der Waals surface area contributed by atoms with E-state index in [4.69, 9.17) is 4.74 Å². The van der Waals surface area contributed by atoms with Gasteiger partial charge in [-0.2, -0.15) is 0 Å². The molecule has 0 saturated carbocycles. The van der Waals surface area contributed by atoms with Crippen molar-refractivity contribution >= 4 is 12.0 Å². The topological polar surface area (TPSA) is 54.8 Å². The van der Waals surface area contributed by atoms with E-state index in [0.717, 1.165) is 35.1 Å². The number of fused-ring (bicyclic) bond motifs is 6. The van der Waals surface area contributed by atoms with Gasteiger partial charge in [0, 0.05) is 30.8 Å². The lowest BCUT2D eigenvalue weighted by Gasteiger charge is -2.49. The van der Waals surface area contributed by atoms with Crippen molar-refractivity contribution in [1.82, 2.24) is 9.58 Å². The number of unbranched alkanes of at least 4 members (excludes halogenated alkanes) is 1. The summed E-state index contributed by atoms with van der Waals surface area (Å²) >= 11 is 0. The van der Waals surface area contributed by atoms with Gasteiger partial charge in [0.1, 0.15) is 12.2 Å². The lowest BCUT2D eigenvalue weighted by molar-refractivity contribution is 0.0667. The average molecular weight is 580 g/mol. The molecule has 0 saturated heterocycles. The van der Waals surface area contributed by atoms with Crippen LogP contribution in [-0.2, 0) is 18.4 Å². The molecule has 0 bridgehead atoms. The molecular weight excluding hydrogens is 548 g/mol. The lowest BCUT2D eigenvalue weighted by Crippen LogP contribution is -2.62. The van der Waals surface area contributed by atoms with Gasteiger partial charge in [-0.3, -0.25) is 19.3 Å². The molecule has 4 aromatic rings. The molecule has 3 aromatic carbocycles. The summed E-state index contributed by atoms with van der Waals surface area (Å²) in [5.41, 5.74) is 3.49. The highest BCUT2D eigenvalue weighted by Crippen LogP contribution is 2.56. The number of halogens is 2. The fourth-order valence-electron chi connectivity index (χ4n) is 6.81. The number of carbonyl (C=O) groups excluding carboxylic acids is 1. The fraction of sp³-hybridized carbons (Fsp3) is 0.257. The number of pyridine rings is 1. The Hall–Kier alpha value is -4.72. The van der Waals surface area contributed by atoms with E-state index in [1.807, 2.05) is 72.6 Å². The van der Waals surface area contributed by atoms with Crippen molar-refractivity contribution < 1.29 is 18.3 Å². The molecule has 6 nitrogen and oxygen atoms in total. The first-order valence-corrected chi connectivity index (χ1v) is 14.7. The molecule has 7 rings (SSSR count). The molecule has 43 heavy (non-hydrogen) atoms. The first kappa shape index (κ1) is 27.1. The number of ether oxygens (including phenoxy) is 1. The Balaban J connectivity index is 1.45. The molecule has 1 amide bonds. The standard InChI is InChI=1S/C35H31F2N3O3/c1-2-3-19-43-33-30(41)16-18-39-32(33)34(42)38(17-15-23-9-5-4-6-10-23)22-40(39)35-25(20-24-11-7-8-12-27(24)35)21-26-28(35)13-14-29(36)31(26)37/h4-14,16,18,20H,2-3,15,17,19,21-22H2,1H3. The van der Waals surface area contributed by atoms with Crippen LogP contribution in [0.2, 0.25) is 0 Å². The van der Waals surface area contributed by atoms with Crippen molar-refractivity contribution in [1.29, 1.82) is 0 Å². The van der Waals surface area contributed by atoms with Gasteiger partial charge in [0.05, 0.1) is 6.61 Å². The monoisotopic (exact) mass is 579 g/mol. The van der Waals surface area contributed by atoms with E-state index in [2.05, 4.69) is 0 Å². The number of hydrogen-bond donors (Lipinski definition) is 0. The lowest BCUT2D eigenvalue weighted by atomic mass is 9.83. The zero-order chi connectivity index (χ0) is 29.7. The van der Waals surface area contributed by atoms with Crippen LogP contribution in [0.4, 0.5) is 8.78 Å². The van der Waals surface area contributed by atoms with Gasteiger partial charge in [0.25, 0.3) is 5.91 Å². The number of carbonyl (C=O) groups is 1. The van der Waals surface area contributed by atoms with E-state index in [-0.39, 0.29) is 35.9 Å². The van der Waals surface area contributed by atoms with Crippen molar-refractivity contribution in [2.75, 3.05) is 24.8 Å². The summed E-state index contributed by atoms with van der Waals surface area (Å²) in [6.07, 6.45) is 6.06. The van der Waals surface area contributed by atoms with Crippen molar-refractivity contribution in [2.24, 2.45) is 0 Å². The fourth-order valence-corrected chi connectivity index (χ4v) is 6.81. The molecule has 3 aliphatic rings. The number of rotatable bonds is 8. The largest absolute Gasteiger partial charge is 0.487 e. The van der Waals surface area contributed by atoms with E-state index < -0.39 is 17.2 Å². The molecule has 0 fully saturated rings. The zero-order valence-corrected chi connectivity index (χ0v) is 23.9. The molecular formula is C35H31F2N3O3. The van der Waals surface area contributed by atoms with E-state index in [0.29, 0.717) is 30.7 Å². The molecule has 218 valence electrons. The van der Waals surface area contributed by atoms with Gasteiger partial charge < -0.3 is 9.64 Å². The summed E-state index contributed by atoms with van der Waals surface area (Å²) in [6.45, 7) is 2.86. The van der Waals surface area contributed by atoms with Crippen LogP contribution >= 0.6 is 0 Å². The molecule has 2 aliphatic carbocycles. The van der Waals surface area contributed by atoms with Crippen molar-refractivity contribution in [3.63, 3.8) is 0 Å². The van der Waals surface area contributed by atoms with Gasteiger partial charge in [-0.1, -0.05) is 80.1 Å². The van der Waals surface area contributed by atoms with Gasteiger partial charge in [0.2, 0.25) is 5.43 Å². The second-order valence-corrected chi connectivity index (χ2v) is 11.3. The average Bonchev–Trinajstić information content (AvgIpc) is 3.52. The van der Waals surface area contributed by atoms with E-state index in [1.54, 1.807) is 21.8 Å². The van der Waals surface area contributed by atoms with Crippen LogP contribution in [0.5, 0.6) is 5.75 Å². The number of hydrogen-bond acceptors (Lipinski definition) is 4. The van der Waals surface area contributed by atoms with Gasteiger partial charge >= 0.3 is 0 Å². The third-order valence-electron chi connectivity index (χ3n) is 8.83. The van der Waals surface area contributed by atoms with Gasteiger partial charge in [-0.15, -0.1) is 0 Å². The third-order valence-corrected chi connectivity index (χ3v) is 8.83. The predicted octanol–water partition coefficient (Wildman–Crippen LogP) is 5.80. The van der Waals surface area contributed by atoms with Gasteiger partial charge in [-0.25, -0.2) is 8.78 Å². The Kier molecular flexibility index (Phi) is 6.64. The summed E-state index contributed by atoms with van der Waals surface area (Å²) in [6, 6.07) is 22.0. The van der Waals surface area contributed by atoms with Crippen LogP contribution in [0.3, 0.4) is 0 Å². The summed E-state index contributed by atoms with van der Waals surface area (Å²) in [4.78, 5) is 29.2. The molecule has 1 unspecified atom stereocenters. The minimum absolute atomic E-state index is 0.00656. The second kappa shape index (κ2) is 10.5.